The third-order valence-electron chi connectivity index (χ3n) is 7.70. The summed E-state index contributed by atoms with van der Waals surface area (Å²) >= 11 is 0. The van der Waals surface area contributed by atoms with Crippen LogP contribution < -0.4 is 0 Å². The average Bonchev–Trinajstić information content (AvgIpc) is 3.48. The van der Waals surface area contributed by atoms with Gasteiger partial charge in [0, 0.05) is 31.9 Å². The van der Waals surface area contributed by atoms with Crippen LogP contribution in [0.2, 0.25) is 0 Å². The van der Waals surface area contributed by atoms with E-state index in [9.17, 15) is 9.59 Å². The Hall–Kier alpha value is -1.89. The predicted octanol–water partition coefficient (Wildman–Crippen LogP) is 2.85. The first-order chi connectivity index (χ1) is 14.6. The molecular weight excluding hydrogens is 380 g/mol. The number of hydrogen-bond acceptors (Lipinski definition) is 4. The number of nitrogens with zero attached hydrogens (tertiary/aromatic N) is 4. The van der Waals surface area contributed by atoms with Crippen molar-refractivity contribution in [1.82, 2.24) is 19.6 Å². The molecule has 1 aromatic rings. The van der Waals surface area contributed by atoms with Crippen LogP contribution in [0.15, 0.2) is 12.3 Å². The second kappa shape index (κ2) is 7.98. The maximum atomic E-state index is 13.2. The van der Waals surface area contributed by atoms with Crippen LogP contribution in [0.3, 0.4) is 0 Å². The van der Waals surface area contributed by atoms with Crippen LogP contribution in [0.25, 0.3) is 0 Å². The topological polar surface area (TPSA) is 67.7 Å². The fraction of sp³-hybridized carbons (Fsp3) is 0.783. The Morgan fingerprint density at radius 3 is 2.57 bits per heavy atom. The van der Waals surface area contributed by atoms with Crippen LogP contribution in [-0.4, -0.2) is 68.8 Å². The van der Waals surface area contributed by atoms with Gasteiger partial charge >= 0.3 is 0 Å². The van der Waals surface area contributed by atoms with Crippen LogP contribution in [0.5, 0.6) is 0 Å². The summed E-state index contributed by atoms with van der Waals surface area (Å²) in [6.45, 7) is 4.84. The first-order valence-electron chi connectivity index (χ1n) is 11.9. The molecule has 5 rings (SSSR count). The molecule has 0 N–H and O–H groups in total. The lowest BCUT2D eigenvalue weighted by Gasteiger charge is -2.62. The minimum absolute atomic E-state index is 0.0563. The van der Waals surface area contributed by atoms with Gasteiger partial charge in [-0.25, -0.2) is 0 Å². The Bertz CT molecular complexity index is 788. The van der Waals surface area contributed by atoms with Crippen LogP contribution >= 0.6 is 0 Å². The third-order valence-corrected chi connectivity index (χ3v) is 7.70. The largest absolute Gasteiger partial charge is 0.366 e. The molecule has 3 heterocycles. The minimum atomic E-state index is -0.225. The van der Waals surface area contributed by atoms with E-state index in [0.29, 0.717) is 31.2 Å². The first kappa shape index (κ1) is 20.0. The van der Waals surface area contributed by atoms with Crippen molar-refractivity contribution in [1.29, 1.82) is 0 Å². The van der Waals surface area contributed by atoms with E-state index in [1.54, 1.807) is 16.9 Å². The summed E-state index contributed by atoms with van der Waals surface area (Å²) in [7, 11) is 0. The van der Waals surface area contributed by atoms with Gasteiger partial charge < -0.3 is 14.5 Å². The summed E-state index contributed by atoms with van der Waals surface area (Å²) in [5.41, 5.74) is 0.579. The summed E-state index contributed by atoms with van der Waals surface area (Å²) in [5.74, 6) is 0.936. The minimum Gasteiger partial charge on any atom is -0.366 e. The molecule has 7 heteroatoms. The zero-order valence-corrected chi connectivity index (χ0v) is 18.1. The molecule has 7 nitrogen and oxygen atoms in total. The molecule has 4 aliphatic rings. The number of β-lactam (4-membered cyclic amide) rings is 1. The highest BCUT2D eigenvalue weighted by molar-refractivity contribution is 5.93. The molecule has 0 bridgehead atoms. The number of aryl methyl sites for hydroxylation is 1. The molecule has 164 valence electrons. The van der Waals surface area contributed by atoms with Crippen LogP contribution in [0, 0.1) is 5.92 Å². The van der Waals surface area contributed by atoms with Gasteiger partial charge in [0.1, 0.15) is 5.69 Å². The number of carbonyl (C=O) groups is 2. The molecule has 1 atom stereocenters. The Kier molecular flexibility index (Phi) is 5.33. The number of aromatic nitrogens is 2. The molecule has 1 unspecified atom stereocenters. The number of rotatable bonds is 6. The smallest absolute Gasteiger partial charge is 0.272 e. The summed E-state index contributed by atoms with van der Waals surface area (Å²) < 4.78 is 7.95. The van der Waals surface area contributed by atoms with Gasteiger partial charge in [0.05, 0.1) is 12.1 Å². The number of hydrogen-bond donors (Lipinski definition) is 0. The van der Waals surface area contributed by atoms with Gasteiger partial charge in [-0.3, -0.25) is 14.3 Å². The second-order valence-corrected chi connectivity index (χ2v) is 9.58. The summed E-state index contributed by atoms with van der Waals surface area (Å²) in [4.78, 5) is 30.2. The van der Waals surface area contributed by atoms with Crippen LogP contribution in [0.1, 0.15) is 75.2 Å². The van der Waals surface area contributed by atoms with Crippen molar-refractivity contribution >= 4 is 11.8 Å². The number of likely N-dealkylation sites (tertiary alicyclic amines) is 2. The monoisotopic (exact) mass is 414 g/mol. The molecule has 30 heavy (non-hydrogen) atoms. The van der Waals surface area contributed by atoms with Gasteiger partial charge in [-0.1, -0.05) is 19.3 Å². The van der Waals surface area contributed by atoms with E-state index in [1.165, 1.54) is 32.1 Å². The molecule has 2 saturated heterocycles. The molecule has 4 fully saturated rings. The SMILES string of the molecule is CCn1nccc1C(=O)N1CCC(N2C(=O)C(OCC3CC3)C23CCCCC3)CC1. The van der Waals surface area contributed by atoms with Gasteiger partial charge in [0.2, 0.25) is 0 Å². The quantitative estimate of drug-likeness (QED) is 0.672. The second-order valence-electron chi connectivity index (χ2n) is 9.58. The van der Waals surface area contributed by atoms with Crippen molar-refractivity contribution in [3.8, 4) is 0 Å². The van der Waals surface area contributed by atoms with Crippen molar-refractivity contribution in [2.75, 3.05) is 19.7 Å². The summed E-state index contributed by atoms with van der Waals surface area (Å²) in [5, 5.41) is 4.23. The predicted molar refractivity (Wildman–Crippen MR) is 112 cm³/mol. The van der Waals surface area contributed by atoms with Crippen molar-refractivity contribution in [2.45, 2.75) is 88.9 Å². The fourth-order valence-corrected chi connectivity index (χ4v) is 5.85. The lowest BCUT2D eigenvalue weighted by Crippen LogP contribution is -2.78. The van der Waals surface area contributed by atoms with Gasteiger partial charge in [-0.2, -0.15) is 5.10 Å². The van der Waals surface area contributed by atoms with E-state index < -0.39 is 0 Å². The number of piperidine rings is 1. The number of ether oxygens (including phenoxy) is 1. The van der Waals surface area contributed by atoms with E-state index in [-0.39, 0.29) is 29.5 Å². The zero-order chi connectivity index (χ0) is 20.7. The molecule has 2 aliphatic carbocycles. The Morgan fingerprint density at radius 2 is 1.90 bits per heavy atom. The Balaban J connectivity index is 1.24. The van der Waals surface area contributed by atoms with E-state index >= 15 is 0 Å². The maximum absolute atomic E-state index is 13.2. The van der Waals surface area contributed by atoms with E-state index in [0.717, 1.165) is 32.3 Å². The average molecular weight is 415 g/mol. The summed E-state index contributed by atoms with van der Waals surface area (Å²) in [6.07, 6.45) is 11.5. The van der Waals surface area contributed by atoms with E-state index in [4.69, 9.17) is 4.74 Å². The number of amides is 2. The highest BCUT2D eigenvalue weighted by atomic mass is 16.5. The highest BCUT2D eigenvalue weighted by Crippen LogP contribution is 2.48. The molecule has 0 radical (unpaired) electrons. The molecule has 2 amide bonds. The van der Waals surface area contributed by atoms with Gasteiger partial charge in [-0.15, -0.1) is 0 Å². The standard InChI is InChI=1S/C23H34N4O3/c1-2-26-19(8-13-24-26)21(28)25-14-9-18(10-15-25)27-22(29)20(30-16-17-6-7-17)23(27)11-4-3-5-12-23/h8,13,17-18,20H,2-7,9-12,14-16H2,1H3. The maximum Gasteiger partial charge on any atom is 0.272 e. The van der Waals surface area contributed by atoms with Crippen molar-refractivity contribution in [3.63, 3.8) is 0 Å². The Morgan fingerprint density at radius 1 is 1.17 bits per heavy atom. The lowest BCUT2D eigenvalue weighted by atomic mass is 9.68. The van der Waals surface area contributed by atoms with E-state index in [2.05, 4.69) is 10.00 Å². The van der Waals surface area contributed by atoms with Crippen molar-refractivity contribution in [2.24, 2.45) is 5.92 Å². The van der Waals surface area contributed by atoms with Crippen LogP contribution in [0.4, 0.5) is 0 Å². The molecule has 1 spiro atoms. The molecule has 2 saturated carbocycles. The van der Waals surface area contributed by atoms with Gasteiger partial charge in [-0.05, 0) is 57.4 Å². The lowest BCUT2D eigenvalue weighted by molar-refractivity contribution is -0.211. The molecular formula is C23H34N4O3. The van der Waals surface area contributed by atoms with E-state index in [1.807, 2.05) is 11.8 Å². The summed E-state index contributed by atoms with van der Waals surface area (Å²) in [6, 6.07) is 2.03. The fourth-order valence-electron chi connectivity index (χ4n) is 5.85. The van der Waals surface area contributed by atoms with Crippen molar-refractivity contribution < 1.29 is 14.3 Å². The first-order valence-corrected chi connectivity index (χ1v) is 11.9. The molecule has 2 aliphatic heterocycles. The third kappa shape index (κ3) is 3.35. The van der Waals surface area contributed by atoms with Gasteiger partial charge in [0.15, 0.2) is 6.10 Å². The molecule has 0 aromatic carbocycles. The zero-order valence-electron chi connectivity index (χ0n) is 18.1. The van der Waals surface area contributed by atoms with Crippen molar-refractivity contribution in [3.05, 3.63) is 18.0 Å². The normalized spacial score (nSPS) is 26.8. The molecule has 1 aromatic heterocycles. The van der Waals surface area contributed by atoms with Gasteiger partial charge in [0.25, 0.3) is 11.8 Å². The van der Waals surface area contributed by atoms with Crippen LogP contribution in [-0.2, 0) is 16.1 Å². The number of carbonyl (C=O) groups excluding carboxylic acids is 2. The Labute approximate surface area is 178 Å². The highest BCUT2D eigenvalue weighted by Gasteiger charge is 2.62.